The average Bonchev–Trinajstić information content (AvgIpc) is 3.16. The number of amides is 3. The maximum absolute atomic E-state index is 12.3. The van der Waals surface area contributed by atoms with Gasteiger partial charge in [0.15, 0.2) is 0 Å². The first kappa shape index (κ1) is 17.2. The van der Waals surface area contributed by atoms with Gasteiger partial charge in [0.2, 0.25) is 5.91 Å². The van der Waals surface area contributed by atoms with E-state index in [1.165, 1.54) is 17.0 Å². The fourth-order valence-corrected chi connectivity index (χ4v) is 3.15. The van der Waals surface area contributed by atoms with Crippen molar-refractivity contribution in [3.05, 3.63) is 32.9 Å². The summed E-state index contributed by atoms with van der Waals surface area (Å²) in [5.74, 6) is -1.35. The molecule has 0 N–H and O–H groups in total. The lowest BCUT2D eigenvalue weighted by molar-refractivity contribution is -0.402. The molecule has 3 amide bonds. The molecule has 10 nitrogen and oxygen atoms in total. The van der Waals surface area contributed by atoms with Crippen LogP contribution < -0.4 is 0 Å². The molecule has 0 unspecified atom stereocenters. The van der Waals surface area contributed by atoms with Crippen molar-refractivity contribution >= 4 is 40.8 Å². The van der Waals surface area contributed by atoms with Gasteiger partial charge in [0.1, 0.15) is 17.2 Å². The molecule has 132 valence electrons. The van der Waals surface area contributed by atoms with E-state index < -0.39 is 22.0 Å². The molecule has 0 atom stereocenters. The molecule has 0 spiro atoms. The van der Waals surface area contributed by atoms with Crippen LogP contribution in [0.15, 0.2) is 21.5 Å². The average molecular weight is 367 g/mol. The van der Waals surface area contributed by atoms with E-state index in [1.807, 2.05) is 0 Å². The molecular weight excluding hydrogens is 354 g/mol. The Labute approximate surface area is 145 Å². The molecule has 0 radical (unpaired) electrons. The van der Waals surface area contributed by atoms with Crippen LogP contribution in [-0.2, 0) is 14.3 Å². The number of carbonyl (C=O) groups excluding carboxylic acids is 3. The van der Waals surface area contributed by atoms with Gasteiger partial charge in [-0.2, -0.15) is 0 Å². The van der Waals surface area contributed by atoms with Gasteiger partial charge in [0, 0.05) is 19.2 Å². The molecule has 1 aromatic heterocycles. The van der Waals surface area contributed by atoms with Crippen LogP contribution in [0.5, 0.6) is 0 Å². The van der Waals surface area contributed by atoms with E-state index in [0.717, 1.165) is 11.0 Å². The minimum atomic E-state index is -0.704. The Hall–Kier alpha value is -2.66. The molecule has 1 aromatic rings. The fraction of sp³-hybridized carbons (Fsp3) is 0.357. The lowest BCUT2D eigenvalue weighted by Gasteiger charge is -2.27. The number of hydrogen-bond donors (Lipinski definition) is 0. The number of rotatable bonds is 4. The second-order valence-electron chi connectivity index (χ2n) is 5.19. The predicted molar refractivity (Wildman–Crippen MR) is 85.4 cm³/mol. The SMILES string of the molecule is O=C(CN1C(=O)S/C(=C/c2ccc([N+](=O)[O-])o2)C1=O)N1CCOCC1. The Bertz CT molecular complexity index is 766. The van der Waals surface area contributed by atoms with Gasteiger partial charge in [-0.05, 0) is 17.8 Å². The van der Waals surface area contributed by atoms with Gasteiger partial charge in [-0.1, -0.05) is 0 Å². The first-order chi connectivity index (χ1) is 12.0. The summed E-state index contributed by atoms with van der Waals surface area (Å²) in [6.45, 7) is 1.33. The number of morpholine rings is 1. The molecule has 2 aliphatic rings. The summed E-state index contributed by atoms with van der Waals surface area (Å²) in [7, 11) is 0. The normalized spacial score (nSPS) is 19.8. The fourth-order valence-electron chi connectivity index (χ4n) is 2.33. The van der Waals surface area contributed by atoms with Crippen LogP contribution in [-0.4, -0.2) is 64.6 Å². The third-order valence-electron chi connectivity index (χ3n) is 3.60. The van der Waals surface area contributed by atoms with E-state index in [-0.39, 0.29) is 23.1 Å². The Morgan fingerprint density at radius 1 is 1.32 bits per heavy atom. The number of nitro groups is 1. The number of furan rings is 1. The van der Waals surface area contributed by atoms with Crippen molar-refractivity contribution < 1.29 is 28.5 Å². The lowest BCUT2D eigenvalue weighted by Crippen LogP contribution is -2.46. The minimum absolute atomic E-state index is 0.0454. The van der Waals surface area contributed by atoms with Crippen molar-refractivity contribution in [2.45, 2.75) is 0 Å². The second-order valence-corrected chi connectivity index (χ2v) is 6.19. The van der Waals surface area contributed by atoms with Crippen molar-refractivity contribution in [3.8, 4) is 0 Å². The lowest BCUT2D eigenvalue weighted by atomic mass is 10.3. The molecule has 3 heterocycles. The first-order valence-electron chi connectivity index (χ1n) is 7.31. The highest BCUT2D eigenvalue weighted by molar-refractivity contribution is 8.18. The third kappa shape index (κ3) is 3.72. The summed E-state index contributed by atoms with van der Waals surface area (Å²) in [6, 6.07) is 2.48. The van der Waals surface area contributed by atoms with Crippen LogP contribution in [0, 0.1) is 10.1 Å². The highest BCUT2D eigenvalue weighted by Crippen LogP contribution is 2.33. The first-order valence-corrected chi connectivity index (χ1v) is 8.12. The van der Waals surface area contributed by atoms with Gasteiger partial charge < -0.3 is 14.1 Å². The number of imide groups is 1. The van der Waals surface area contributed by atoms with Crippen LogP contribution >= 0.6 is 11.8 Å². The number of carbonyl (C=O) groups is 3. The van der Waals surface area contributed by atoms with Crippen LogP contribution in [0.2, 0.25) is 0 Å². The molecule has 0 bridgehead atoms. The van der Waals surface area contributed by atoms with Gasteiger partial charge in [0.25, 0.3) is 11.1 Å². The van der Waals surface area contributed by atoms with E-state index in [1.54, 1.807) is 0 Å². The minimum Gasteiger partial charge on any atom is -0.401 e. The van der Waals surface area contributed by atoms with Crippen molar-refractivity contribution in [2.24, 2.45) is 0 Å². The van der Waals surface area contributed by atoms with E-state index in [2.05, 4.69) is 0 Å². The Kier molecular flexibility index (Phi) is 4.86. The smallest absolute Gasteiger partial charge is 0.401 e. The molecule has 2 aliphatic heterocycles. The molecule has 3 rings (SSSR count). The van der Waals surface area contributed by atoms with Gasteiger partial charge in [-0.25, -0.2) is 0 Å². The monoisotopic (exact) mass is 367 g/mol. The standard InChI is InChI=1S/C14H13N3O7S/c18-11(15-3-5-23-6-4-15)8-16-13(19)10(25-14(16)20)7-9-1-2-12(24-9)17(21)22/h1-2,7H,3-6,8H2/b10-7+. The number of hydrogen-bond acceptors (Lipinski definition) is 8. The van der Waals surface area contributed by atoms with Gasteiger partial charge >= 0.3 is 5.88 Å². The second kappa shape index (κ2) is 7.07. The Balaban J connectivity index is 1.69. The quantitative estimate of drug-likeness (QED) is 0.440. The summed E-state index contributed by atoms with van der Waals surface area (Å²) in [5, 5.41) is 10.0. The molecule has 0 aromatic carbocycles. The van der Waals surface area contributed by atoms with Crippen molar-refractivity contribution in [1.29, 1.82) is 0 Å². The Morgan fingerprint density at radius 2 is 2.04 bits per heavy atom. The van der Waals surface area contributed by atoms with E-state index >= 15 is 0 Å². The van der Waals surface area contributed by atoms with E-state index in [9.17, 15) is 24.5 Å². The maximum Gasteiger partial charge on any atom is 0.433 e. The number of nitrogens with zero attached hydrogens (tertiary/aromatic N) is 3. The van der Waals surface area contributed by atoms with Gasteiger partial charge in [-0.3, -0.25) is 29.4 Å². The summed E-state index contributed by atoms with van der Waals surface area (Å²) in [5.41, 5.74) is 0. The number of thioether (sulfide) groups is 1. The predicted octanol–water partition coefficient (Wildman–Crippen LogP) is 1.08. The summed E-state index contributed by atoms with van der Waals surface area (Å²) >= 11 is 0.656. The molecule has 11 heteroatoms. The zero-order valence-corrected chi connectivity index (χ0v) is 13.7. The van der Waals surface area contributed by atoms with Crippen LogP contribution in [0.4, 0.5) is 10.7 Å². The van der Waals surface area contributed by atoms with Crippen molar-refractivity contribution in [2.75, 3.05) is 32.8 Å². The van der Waals surface area contributed by atoms with Crippen LogP contribution in [0.25, 0.3) is 6.08 Å². The largest absolute Gasteiger partial charge is 0.433 e. The van der Waals surface area contributed by atoms with Crippen molar-refractivity contribution in [1.82, 2.24) is 9.80 Å². The van der Waals surface area contributed by atoms with Crippen LogP contribution in [0.1, 0.15) is 5.76 Å². The van der Waals surface area contributed by atoms with Crippen LogP contribution in [0.3, 0.4) is 0 Å². The van der Waals surface area contributed by atoms with E-state index in [0.29, 0.717) is 38.1 Å². The summed E-state index contributed by atoms with van der Waals surface area (Å²) in [4.78, 5) is 48.8. The Morgan fingerprint density at radius 3 is 2.68 bits per heavy atom. The van der Waals surface area contributed by atoms with Crippen molar-refractivity contribution in [3.63, 3.8) is 0 Å². The zero-order valence-electron chi connectivity index (χ0n) is 12.9. The van der Waals surface area contributed by atoms with Gasteiger partial charge in [0.05, 0.1) is 24.2 Å². The summed E-state index contributed by atoms with van der Waals surface area (Å²) < 4.78 is 10.1. The topological polar surface area (TPSA) is 123 Å². The van der Waals surface area contributed by atoms with Gasteiger partial charge in [-0.15, -0.1) is 0 Å². The molecule has 2 saturated heterocycles. The molecule has 0 saturated carbocycles. The molecule has 25 heavy (non-hydrogen) atoms. The molecule has 2 fully saturated rings. The molecular formula is C14H13N3O7S. The molecule has 0 aliphatic carbocycles. The number of ether oxygens (including phenoxy) is 1. The highest BCUT2D eigenvalue weighted by Gasteiger charge is 2.37. The maximum atomic E-state index is 12.3. The highest BCUT2D eigenvalue weighted by atomic mass is 32.2. The third-order valence-corrected chi connectivity index (χ3v) is 4.50. The zero-order chi connectivity index (χ0) is 18.0. The summed E-state index contributed by atoms with van der Waals surface area (Å²) in [6.07, 6.45) is 1.25. The van der Waals surface area contributed by atoms with E-state index in [4.69, 9.17) is 9.15 Å².